The fourth-order valence-electron chi connectivity index (χ4n) is 2.24. The van der Waals surface area contributed by atoms with Crippen molar-refractivity contribution in [3.05, 3.63) is 65.0 Å². The molecule has 0 saturated heterocycles. The third kappa shape index (κ3) is 4.14. The summed E-state index contributed by atoms with van der Waals surface area (Å²) in [4.78, 5) is 19.0. The van der Waals surface area contributed by atoms with E-state index in [1.807, 2.05) is 61.2 Å². The molecule has 4 heteroatoms. The first-order valence-electron chi connectivity index (χ1n) is 6.95. The highest BCUT2D eigenvalue weighted by molar-refractivity contribution is 9.09. The Hall–Kier alpha value is -1.68. The number of alkyl halides is 1. The normalized spacial score (nSPS) is 10.4. The molecule has 0 saturated carbocycles. The lowest BCUT2D eigenvalue weighted by Crippen LogP contribution is -2.32. The third-order valence-corrected chi connectivity index (χ3v) is 3.67. The monoisotopic (exact) mass is 346 g/mol. The second-order valence-electron chi connectivity index (χ2n) is 4.99. The van der Waals surface area contributed by atoms with Crippen molar-refractivity contribution in [3.63, 3.8) is 0 Å². The molecular formula is C17H19BrN2O. The number of hydrogen-bond donors (Lipinski definition) is 0. The number of carbonyl (C=O) groups is 1. The van der Waals surface area contributed by atoms with E-state index >= 15 is 0 Å². The van der Waals surface area contributed by atoms with Crippen LogP contribution in [0.4, 0.5) is 0 Å². The molecular weight excluding hydrogens is 328 g/mol. The van der Waals surface area contributed by atoms with Crippen LogP contribution in [-0.2, 0) is 6.54 Å². The molecule has 110 valence electrons. The predicted octanol–water partition coefficient (Wildman–Crippen LogP) is 3.74. The number of hydrogen-bond acceptors (Lipinski definition) is 2. The first-order valence-corrected chi connectivity index (χ1v) is 8.07. The van der Waals surface area contributed by atoms with E-state index in [9.17, 15) is 4.79 Å². The third-order valence-electron chi connectivity index (χ3n) is 3.31. The number of pyridine rings is 1. The molecule has 21 heavy (non-hydrogen) atoms. The Bertz CT molecular complexity index is 613. The van der Waals surface area contributed by atoms with Crippen molar-refractivity contribution in [2.75, 3.05) is 11.9 Å². The van der Waals surface area contributed by atoms with Gasteiger partial charge in [-0.2, -0.15) is 0 Å². The predicted molar refractivity (Wildman–Crippen MR) is 88.7 cm³/mol. The summed E-state index contributed by atoms with van der Waals surface area (Å²) >= 11 is 3.42. The smallest absolute Gasteiger partial charge is 0.256 e. The van der Waals surface area contributed by atoms with Crippen LogP contribution in [0.15, 0.2) is 42.5 Å². The fraction of sp³-hybridized carbons (Fsp3) is 0.294. The van der Waals surface area contributed by atoms with Gasteiger partial charge in [-0.3, -0.25) is 9.78 Å². The summed E-state index contributed by atoms with van der Waals surface area (Å²) in [5.41, 5.74) is 3.52. The van der Waals surface area contributed by atoms with Crippen molar-refractivity contribution in [1.29, 1.82) is 0 Å². The highest BCUT2D eigenvalue weighted by atomic mass is 79.9. The molecule has 0 aliphatic rings. The van der Waals surface area contributed by atoms with E-state index in [2.05, 4.69) is 20.9 Å². The Labute approximate surface area is 134 Å². The van der Waals surface area contributed by atoms with E-state index in [4.69, 9.17) is 0 Å². The molecule has 1 heterocycles. The van der Waals surface area contributed by atoms with Gasteiger partial charge in [-0.05, 0) is 31.5 Å². The molecule has 0 bridgehead atoms. The van der Waals surface area contributed by atoms with Gasteiger partial charge in [0.05, 0.1) is 11.3 Å². The summed E-state index contributed by atoms with van der Waals surface area (Å²) in [6.07, 6.45) is 0. The first-order chi connectivity index (χ1) is 10.1. The minimum Gasteiger partial charge on any atom is -0.333 e. The number of halogens is 1. The number of carbonyl (C=O) groups excluding carboxylic acids is 1. The molecule has 0 aliphatic heterocycles. The number of amides is 1. The molecule has 0 spiro atoms. The lowest BCUT2D eigenvalue weighted by Gasteiger charge is -2.22. The zero-order valence-corrected chi connectivity index (χ0v) is 13.9. The van der Waals surface area contributed by atoms with Crippen LogP contribution in [0.3, 0.4) is 0 Å². The van der Waals surface area contributed by atoms with Crippen LogP contribution in [-0.4, -0.2) is 27.7 Å². The summed E-state index contributed by atoms with van der Waals surface area (Å²) in [6, 6.07) is 13.8. The quantitative estimate of drug-likeness (QED) is 0.772. The maximum atomic E-state index is 12.7. The fourth-order valence-corrected chi connectivity index (χ4v) is 2.67. The summed E-state index contributed by atoms with van der Waals surface area (Å²) in [7, 11) is 0. The number of benzene rings is 1. The van der Waals surface area contributed by atoms with Crippen molar-refractivity contribution in [3.8, 4) is 0 Å². The lowest BCUT2D eigenvalue weighted by atomic mass is 10.1. The summed E-state index contributed by atoms with van der Waals surface area (Å²) in [6.45, 7) is 5.09. The zero-order valence-electron chi connectivity index (χ0n) is 12.3. The largest absolute Gasteiger partial charge is 0.333 e. The zero-order chi connectivity index (χ0) is 15.2. The molecule has 0 radical (unpaired) electrons. The maximum Gasteiger partial charge on any atom is 0.256 e. The van der Waals surface area contributed by atoms with E-state index in [0.29, 0.717) is 18.7 Å². The van der Waals surface area contributed by atoms with E-state index in [0.717, 1.165) is 22.3 Å². The van der Waals surface area contributed by atoms with Gasteiger partial charge in [-0.15, -0.1) is 0 Å². The number of aromatic nitrogens is 1. The second-order valence-corrected chi connectivity index (χ2v) is 5.78. The average molecular weight is 347 g/mol. The van der Waals surface area contributed by atoms with Gasteiger partial charge >= 0.3 is 0 Å². The number of aryl methyl sites for hydroxylation is 2. The number of rotatable bonds is 5. The molecule has 1 amide bonds. The SMILES string of the molecule is Cc1ccc(C(=O)N(CCBr)Cc2ccccc2)c(C)n1. The Balaban J connectivity index is 2.23. The van der Waals surface area contributed by atoms with Crippen LogP contribution in [0, 0.1) is 13.8 Å². The van der Waals surface area contributed by atoms with Gasteiger partial charge in [0, 0.05) is 24.1 Å². The molecule has 3 nitrogen and oxygen atoms in total. The van der Waals surface area contributed by atoms with Gasteiger partial charge in [0.2, 0.25) is 0 Å². The molecule has 2 rings (SSSR count). The van der Waals surface area contributed by atoms with E-state index in [1.54, 1.807) is 0 Å². The van der Waals surface area contributed by atoms with Gasteiger partial charge in [0.25, 0.3) is 5.91 Å². The van der Waals surface area contributed by atoms with Crippen molar-refractivity contribution in [2.45, 2.75) is 20.4 Å². The second kappa shape index (κ2) is 7.36. The van der Waals surface area contributed by atoms with Gasteiger partial charge < -0.3 is 4.90 Å². The van der Waals surface area contributed by atoms with Crippen LogP contribution in [0.5, 0.6) is 0 Å². The molecule has 0 aliphatic carbocycles. The summed E-state index contributed by atoms with van der Waals surface area (Å²) in [5, 5.41) is 0.754. The number of nitrogens with zero attached hydrogens (tertiary/aromatic N) is 2. The van der Waals surface area contributed by atoms with Gasteiger partial charge in [-0.1, -0.05) is 46.3 Å². The molecule has 2 aromatic rings. The van der Waals surface area contributed by atoms with Gasteiger partial charge in [0.1, 0.15) is 0 Å². The minimum atomic E-state index is 0.0308. The molecule has 0 N–H and O–H groups in total. The van der Waals surface area contributed by atoms with Gasteiger partial charge in [-0.25, -0.2) is 0 Å². The Morgan fingerprint density at radius 1 is 1.14 bits per heavy atom. The Kier molecular flexibility index (Phi) is 5.51. The van der Waals surface area contributed by atoms with Gasteiger partial charge in [0.15, 0.2) is 0 Å². The first kappa shape index (κ1) is 15.7. The lowest BCUT2D eigenvalue weighted by molar-refractivity contribution is 0.0753. The van der Waals surface area contributed by atoms with E-state index < -0.39 is 0 Å². The van der Waals surface area contributed by atoms with Crippen molar-refractivity contribution in [1.82, 2.24) is 9.88 Å². The van der Waals surface area contributed by atoms with Crippen LogP contribution in [0.1, 0.15) is 27.3 Å². The standard InChI is InChI=1S/C17H19BrN2O/c1-13-8-9-16(14(2)19-13)17(21)20(11-10-18)12-15-6-4-3-5-7-15/h3-9H,10-12H2,1-2H3. The van der Waals surface area contributed by atoms with Crippen molar-refractivity contribution >= 4 is 21.8 Å². The highest BCUT2D eigenvalue weighted by Crippen LogP contribution is 2.13. The summed E-state index contributed by atoms with van der Waals surface area (Å²) < 4.78 is 0. The minimum absolute atomic E-state index is 0.0308. The molecule has 0 fully saturated rings. The Morgan fingerprint density at radius 2 is 1.86 bits per heavy atom. The highest BCUT2D eigenvalue weighted by Gasteiger charge is 2.18. The topological polar surface area (TPSA) is 33.2 Å². The average Bonchev–Trinajstić information content (AvgIpc) is 2.47. The van der Waals surface area contributed by atoms with Crippen LogP contribution >= 0.6 is 15.9 Å². The molecule has 0 unspecified atom stereocenters. The van der Waals surface area contributed by atoms with Crippen LogP contribution in [0.2, 0.25) is 0 Å². The van der Waals surface area contributed by atoms with Crippen LogP contribution < -0.4 is 0 Å². The van der Waals surface area contributed by atoms with Crippen molar-refractivity contribution in [2.24, 2.45) is 0 Å². The molecule has 0 atom stereocenters. The van der Waals surface area contributed by atoms with Crippen molar-refractivity contribution < 1.29 is 4.79 Å². The Morgan fingerprint density at radius 3 is 2.48 bits per heavy atom. The summed E-state index contributed by atoms with van der Waals surface area (Å²) in [5.74, 6) is 0.0308. The van der Waals surface area contributed by atoms with E-state index in [1.165, 1.54) is 0 Å². The van der Waals surface area contributed by atoms with E-state index in [-0.39, 0.29) is 5.91 Å². The maximum absolute atomic E-state index is 12.7. The molecule has 1 aromatic heterocycles. The van der Waals surface area contributed by atoms with Crippen LogP contribution in [0.25, 0.3) is 0 Å². The molecule has 1 aromatic carbocycles.